The number of hydrazine groups is 1. The van der Waals surface area contributed by atoms with Crippen molar-refractivity contribution in [3.05, 3.63) is 59.9 Å². The molecule has 0 spiro atoms. The smallest absolute Gasteiger partial charge is 0.138 e. The normalized spacial score (nSPS) is 12.4. The number of nitrogens with two attached hydrogens (primary N) is 1. The average Bonchev–Trinajstić information content (AvgIpc) is 2.49. The number of nitrogens with one attached hydrogen (secondary N) is 1. The third-order valence-electron chi connectivity index (χ3n) is 3.27. The molecule has 3 N–H and O–H groups in total. The Labute approximate surface area is 126 Å². The van der Waals surface area contributed by atoms with Gasteiger partial charge < -0.3 is 4.74 Å². The van der Waals surface area contributed by atoms with Crippen molar-refractivity contribution < 1.29 is 4.74 Å². The molecule has 0 saturated heterocycles. The van der Waals surface area contributed by atoms with Gasteiger partial charge in [0.15, 0.2) is 0 Å². The molecule has 0 saturated carbocycles. The van der Waals surface area contributed by atoms with Crippen molar-refractivity contribution in [3.8, 4) is 5.75 Å². The molecule has 0 aliphatic rings. The van der Waals surface area contributed by atoms with Crippen molar-refractivity contribution in [3.63, 3.8) is 0 Å². The molecule has 0 aliphatic heterocycles. The Hall–Kier alpha value is -1.91. The van der Waals surface area contributed by atoms with Crippen LogP contribution in [0.5, 0.6) is 5.75 Å². The lowest BCUT2D eigenvalue weighted by atomic mass is 10.0. The van der Waals surface area contributed by atoms with Gasteiger partial charge in [0.1, 0.15) is 5.75 Å². The highest BCUT2D eigenvalue weighted by Gasteiger charge is 2.11. The molecule has 0 amide bonds. The summed E-state index contributed by atoms with van der Waals surface area (Å²) >= 11 is 0. The van der Waals surface area contributed by atoms with Crippen LogP contribution >= 0.6 is 0 Å². The minimum atomic E-state index is 0.0634. The molecule has 0 radical (unpaired) electrons. The van der Waals surface area contributed by atoms with Gasteiger partial charge in [-0.3, -0.25) is 16.3 Å². The second-order valence-electron chi connectivity index (χ2n) is 5.36. The summed E-state index contributed by atoms with van der Waals surface area (Å²) in [5, 5.41) is 0. The summed E-state index contributed by atoms with van der Waals surface area (Å²) in [5.74, 6) is 6.48. The van der Waals surface area contributed by atoms with Gasteiger partial charge in [0.05, 0.1) is 12.3 Å². The van der Waals surface area contributed by atoms with Gasteiger partial charge in [-0.15, -0.1) is 0 Å². The first-order valence-corrected chi connectivity index (χ1v) is 7.30. The first-order valence-electron chi connectivity index (χ1n) is 7.30. The summed E-state index contributed by atoms with van der Waals surface area (Å²) in [6.45, 7) is 4.00. The number of ether oxygens (including phenoxy) is 1. The molecule has 2 aromatic rings. The Morgan fingerprint density at radius 2 is 1.95 bits per heavy atom. The van der Waals surface area contributed by atoms with Crippen LogP contribution in [0, 0.1) is 0 Å². The molecule has 4 nitrogen and oxygen atoms in total. The van der Waals surface area contributed by atoms with E-state index in [9.17, 15) is 0 Å². The predicted molar refractivity (Wildman–Crippen MR) is 84.8 cm³/mol. The van der Waals surface area contributed by atoms with E-state index in [1.165, 1.54) is 5.56 Å². The maximum absolute atomic E-state index is 5.70. The maximum Gasteiger partial charge on any atom is 0.138 e. The molecule has 1 aromatic heterocycles. The summed E-state index contributed by atoms with van der Waals surface area (Å²) < 4.78 is 5.68. The van der Waals surface area contributed by atoms with Crippen molar-refractivity contribution in [2.24, 2.45) is 5.84 Å². The van der Waals surface area contributed by atoms with Gasteiger partial charge in [-0.05, 0) is 43.9 Å². The highest BCUT2D eigenvalue weighted by atomic mass is 16.5. The van der Waals surface area contributed by atoms with E-state index in [-0.39, 0.29) is 12.1 Å². The van der Waals surface area contributed by atoms with Gasteiger partial charge in [0.2, 0.25) is 0 Å². The van der Waals surface area contributed by atoms with E-state index in [0.29, 0.717) is 0 Å². The molecular weight excluding hydrogens is 262 g/mol. The fourth-order valence-electron chi connectivity index (χ4n) is 2.26. The van der Waals surface area contributed by atoms with E-state index in [4.69, 9.17) is 10.6 Å². The molecule has 1 atom stereocenters. The van der Waals surface area contributed by atoms with Crippen LogP contribution < -0.4 is 16.0 Å². The van der Waals surface area contributed by atoms with Gasteiger partial charge in [-0.1, -0.05) is 30.3 Å². The second-order valence-corrected chi connectivity index (χ2v) is 5.36. The van der Waals surface area contributed by atoms with Gasteiger partial charge in [0.25, 0.3) is 0 Å². The van der Waals surface area contributed by atoms with Crippen molar-refractivity contribution >= 4 is 0 Å². The molecule has 4 heteroatoms. The van der Waals surface area contributed by atoms with Crippen LogP contribution in [-0.4, -0.2) is 11.1 Å². The Kier molecular flexibility index (Phi) is 5.72. The van der Waals surface area contributed by atoms with Crippen LogP contribution in [0.4, 0.5) is 0 Å². The molecule has 112 valence electrons. The van der Waals surface area contributed by atoms with Crippen molar-refractivity contribution in [1.82, 2.24) is 10.4 Å². The Balaban J connectivity index is 2.03. The quantitative estimate of drug-likeness (QED) is 0.606. The van der Waals surface area contributed by atoms with Crippen LogP contribution in [0.15, 0.2) is 48.8 Å². The summed E-state index contributed by atoms with van der Waals surface area (Å²) in [4.78, 5) is 4.24. The molecular formula is C17H23N3O. The van der Waals surface area contributed by atoms with E-state index < -0.39 is 0 Å². The summed E-state index contributed by atoms with van der Waals surface area (Å²) in [6.07, 6.45) is 5.57. The Morgan fingerprint density at radius 1 is 1.19 bits per heavy atom. The van der Waals surface area contributed by atoms with E-state index in [1.807, 2.05) is 32.2 Å². The van der Waals surface area contributed by atoms with Crippen LogP contribution in [0.25, 0.3) is 0 Å². The van der Waals surface area contributed by atoms with E-state index in [0.717, 1.165) is 24.2 Å². The highest BCUT2D eigenvalue weighted by Crippen LogP contribution is 2.22. The lowest BCUT2D eigenvalue weighted by Crippen LogP contribution is -2.28. The number of pyridine rings is 1. The summed E-state index contributed by atoms with van der Waals surface area (Å²) in [6, 6.07) is 12.5. The number of aromatic nitrogens is 1. The number of hydrogen-bond donors (Lipinski definition) is 2. The van der Waals surface area contributed by atoms with Crippen LogP contribution in [0.2, 0.25) is 0 Å². The fraction of sp³-hybridized carbons (Fsp3) is 0.353. The lowest BCUT2D eigenvalue weighted by molar-refractivity contribution is 0.241. The Morgan fingerprint density at radius 3 is 2.62 bits per heavy atom. The Bertz CT molecular complexity index is 543. The van der Waals surface area contributed by atoms with Gasteiger partial charge in [0, 0.05) is 12.2 Å². The van der Waals surface area contributed by atoms with E-state index in [2.05, 4.69) is 34.7 Å². The summed E-state index contributed by atoms with van der Waals surface area (Å²) in [7, 11) is 0. The van der Waals surface area contributed by atoms with Crippen LogP contribution in [0.1, 0.15) is 37.4 Å². The number of benzene rings is 1. The van der Waals surface area contributed by atoms with Crippen molar-refractivity contribution in [2.45, 2.75) is 38.8 Å². The molecule has 1 heterocycles. The molecule has 1 aromatic carbocycles. The monoisotopic (exact) mass is 285 g/mol. The number of rotatable bonds is 7. The molecule has 1 unspecified atom stereocenters. The van der Waals surface area contributed by atoms with Crippen LogP contribution in [0.3, 0.4) is 0 Å². The topological polar surface area (TPSA) is 60.2 Å². The number of hydrogen-bond acceptors (Lipinski definition) is 4. The van der Waals surface area contributed by atoms with Gasteiger partial charge in [-0.2, -0.15) is 0 Å². The first-order chi connectivity index (χ1) is 10.2. The minimum absolute atomic E-state index is 0.0634. The zero-order chi connectivity index (χ0) is 15.1. The third-order valence-corrected chi connectivity index (χ3v) is 3.27. The largest absolute Gasteiger partial charge is 0.489 e. The highest BCUT2D eigenvalue weighted by molar-refractivity contribution is 5.26. The second kappa shape index (κ2) is 7.76. The first kappa shape index (κ1) is 15.5. The maximum atomic E-state index is 5.70. The zero-order valence-corrected chi connectivity index (χ0v) is 12.6. The van der Waals surface area contributed by atoms with Crippen molar-refractivity contribution in [2.75, 3.05) is 0 Å². The van der Waals surface area contributed by atoms with Gasteiger partial charge in [-0.25, -0.2) is 0 Å². The van der Waals surface area contributed by atoms with E-state index in [1.54, 1.807) is 6.20 Å². The number of nitrogens with zero attached hydrogens (tertiary/aromatic N) is 1. The zero-order valence-electron chi connectivity index (χ0n) is 12.6. The minimum Gasteiger partial charge on any atom is -0.489 e. The molecule has 21 heavy (non-hydrogen) atoms. The van der Waals surface area contributed by atoms with Crippen LogP contribution in [-0.2, 0) is 6.42 Å². The summed E-state index contributed by atoms with van der Waals surface area (Å²) in [5.41, 5.74) is 5.23. The fourth-order valence-corrected chi connectivity index (χ4v) is 2.26. The molecule has 0 fully saturated rings. The lowest BCUT2D eigenvalue weighted by Gasteiger charge is -2.17. The molecule has 0 bridgehead atoms. The standard InChI is InChI=1S/C17H23N3O/c1-13(2)21-16-10-15(11-19-12-16)17(20-18)9-8-14-6-4-3-5-7-14/h3-7,10-13,17,20H,8-9,18H2,1-2H3. The number of aryl methyl sites for hydroxylation is 1. The molecule has 2 rings (SSSR count). The van der Waals surface area contributed by atoms with Gasteiger partial charge >= 0.3 is 0 Å². The average molecular weight is 285 g/mol. The van der Waals surface area contributed by atoms with E-state index >= 15 is 0 Å². The third kappa shape index (κ3) is 4.85. The SMILES string of the molecule is CC(C)Oc1cncc(C(CCc2ccccc2)NN)c1. The van der Waals surface area contributed by atoms with Crippen molar-refractivity contribution in [1.29, 1.82) is 0 Å². The predicted octanol–water partition coefficient (Wildman–Crippen LogP) is 3.01. The molecule has 0 aliphatic carbocycles.